The SMILES string of the molecule is CCC=NC1=C(N)OCc2cc(C)oc21. The molecule has 1 aromatic rings. The summed E-state index contributed by atoms with van der Waals surface area (Å²) in [6.45, 7) is 4.37. The van der Waals surface area contributed by atoms with Crippen LogP contribution in [0.25, 0.3) is 5.70 Å². The summed E-state index contributed by atoms with van der Waals surface area (Å²) >= 11 is 0. The molecular formula is C11H14N2O2. The molecule has 15 heavy (non-hydrogen) atoms. The molecule has 0 amide bonds. The normalized spacial score (nSPS) is 15.6. The van der Waals surface area contributed by atoms with E-state index in [4.69, 9.17) is 14.9 Å². The Bertz CT molecular complexity index is 430. The molecule has 2 rings (SSSR count). The van der Waals surface area contributed by atoms with Crippen molar-refractivity contribution in [2.24, 2.45) is 10.7 Å². The van der Waals surface area contributed by atoms with Crippen molar-refractivity contribution in [2.45, 2.75) is 26.9 Å². The van der Waals surface area contributed by atoms with Crippen LogP contribution in [0.15, 0.2) is 21.4 Å². The Morgan fingerprint density at radius 1 is 1.60 bits per heavy atom. The van der Waals surface area contributed by atoms with Gasteiger partial charge in [-0.05, 0) is 19.4 Å². The van der Waals surface area contributed by atoms with Crippen LogP contribution in [-0.2, 0) is 11.3 Å². The number of aliphatic imine (C=N–C) groups is 1. The van der Waals surface area contributed by atoms with Crippen molar-refractivity contribution in [3.05, 3.63) is 29.0 Å². The lowest BCUT2D eigenvalue weighted by atomic mass is 10.2. The van der Waals surface area contributed by atoms with E-state index in [2.05, 4.69) is 4.99 Å². The van der Waals surface area contributed by atoms with Gasteiger partial charge in [-0.15, -0.1) is 0 Å². The zero-order valence-electron chi connectivity index (χ0n) is 8.91. The highest BCUT2D eigenvalue weighted by molar-refractivity contribution is 5.74. The zero-order valence-corrected chi connectivity index (χ0v) is 8.91. The summed E-state index contributed by atoms with van der Waals surface area (Å²) in [5.74, 6) is 1.92. The van der Waals surface area contributed by atoms with E-state index in [-0.39, 0.29) is 0 Å². The van der Waals surface area contributed by atoms with Gasteiger partial charge in [0.2, 0.25) is 5.88 Å². The van der Waals surface area contributed by atoms with E-state index in [0.29, 0.717) is 18.2 Å². The monoisotopic (exact) mass is 206 g/mol. The van der Waals surface area contributed by atoms with Gasteiger partial charge in [0.15, 0.2) is 11.5 Å². The molecular weight excluding hydrogens is 192 g/mol. The van der Waals surface area contributed by atoms with Gasteiger partial charge in [-0.1, -0.05) is 6.92 Å². The Morgan fingerprint density at radius 3 is 3.13 bits per heavy atom. The maximum Gasteiger partial charge on any atom is 0.214 e. The van der Waals surface area contributed by atoms with Crippen LogP contribution in [0.3, 0.4) is 0 Å². The van der Waals surface area contributed by atoms with Crippen molar-refractivity contribution in [3.8, 4) is 0 Å². The molecule has 2 heterocycles. The van der Waals surface area contributed by atoms with Gasteiger partial charge in [0, 0.05) is 11.8 Å². The van der Waals surface area contributed by atoms with Gasteiger partial charge in [-0.3, -0.25) is 4.99 Å². The number of hydrogen-bond acceptors (Lipinski definition) is 4. The Kier molecular flexibility index (Phi) is 2.49. The molecule has 0 aliphatic carbocycles. The fourth-order valence-electron chi connectivity index (χ4n) is 1.52. The number of nitrogens with zero attached hydrogens (tertiary/aromatic N) is 1. The summed E-state index contributed by atoms with van der Waals surface area (Å²) in [5, 5.41) is 0. The Labute approximate surface area is 88.4 Å². The molecule has 80 valence electrons. The standard InChI is InChI=1S/C11H14N2O2/c1-3-4-13-9-10-8(5-7(2)15-10)6-14-11(9)12/h4-5H,3,6,12H2,1-2H3. The van der Waals surface area contributed by atoms with Crippen molar-refractivity contribution in [1.29, 1.82) is 0 Å². The van der Waals surface area contributed by atoms with Crippen LogP contribution >= 0.6 is 0 Å². The first kappa shape index (κ1) is 9.83. The van der Waals surface area contributed by atoms with Gasteiger partial charge in [0.25, 0.3) is 0 Å². The number of furan rings is 1. The van der Waals surface area contributed by atoms with E-state index in [0.717, 1.165) is 23.5 Å². The first-order valence-corrected chi connectivity index (χ1v) is 4.97. The van der Waals surface area contributed by atoms with Crippen molar-refractivity contribution in [1.82, 2.24) is 0 Å². The molecule has 0 bridgehead atoms. The van der Waals surface area contributed by atoms with E-state index >= 15 is 0 Å². The van der Waals surface area contributed by atoms with Crippen molar-refractivity contribution >= 4 is 11.9 Å². The summed E-state index contributed by atoms with van der Waals surface area (Å²) in [6, 6.07) is 1.95. The molecule has 1 aliphatic heterocycles. The van der Waals surface area contributed by atoms with E-state index in [1.165, 1.54) is 0 Å². The van der Waals surface area contributed by atoms with Crippen molar-refractivity contribution < 1.29 is 9.15 Å². The van der Waals surface area contributed by atoms with Gasteiger partial charge in [-0.2, -0.15) is 0 Å². The van der Waals surface area contributed by atoms with Crippen LogP contribution in [0.4, 0.5) is 0 Å². The Hall–Kier alpha value is -1.71. The second-order valence-corrected chi connectivity index (χ2v) is 3.43. The third-order valence-electron chi connectivity index (χ3n) is 2.17. The number of aryl methyl sites for hydroxylation is 1. The molecule has 0 saturated heterocycles. The van der Waals surface area contributed by atoms with Crippen LogP contribution in [0.2, 0.25) is 0 Å². The van der Waals surface area contributed by atoms with E-state index in [9.17, 15) is 0 Å². The molecule has 0 spiro atoms. The molecule has 1 aliphatic rings. The molecule has 0 atom stereocenters. The highest BCUT2D eigenvalue weighted by Gasteiger charge is 2.22. The molecule has 0 radical (unpaired) electrons. The zero-order chi connectivity index (χ0) is 10.8. The lowest BCUT2D eigenvalue weighted by Crippen LogP contribution is -2.11. The smallest absolute Gasteiger partial charge is 0.214 e. The first-order chi connectivity index (χ1) is 7.22. The minimum absolute atomic E-state index is 0.335. The van der Waals surface area contributed by atoms with Gasteiger partial charge in [0.05, 0.1) is 0 Å². The van der Waals surface area contributed by atoms with Gasteiger partial charge >= 0.3 is 0 Å². The van der Waals surface area contributed by atoms with Gasteiger partial charge in [-0.25, -0.2) is 0 Å². The second kappa shape index (κ2) is 3.81. The fraction of sp³-hybridized carbons (Fsp3) is 0.364. The molecule has 1 aromatic heterocycles. The summed E-state index contributed by atoms with van der Waals surface area (Å²) in [5.41, 5.74) is 7.34. The molecule has 0 aromatic carbocycles. The summed E-state index contributed by atoms with van der Waals surface area (Å²) in [4.78, 5) is 4.25. The molecule has 4 nitrogen and oxygen atoms in total. The number of fused-ring (bicyclic) bond motifs is 1. The summed E-state index contributed by atoms with van der Waals surface area (Å²) in [6.07, 6.45) is 2.64. The van der Waals surface area contributed by atoms with Crippen LogP contribution in [0.5, 0.6) is 0 Å². The molecule has 4 heteroatoms. The van der Waals surface area contributed by atoms with Gasteiger partial charge in [0.1, 0.15) is 12.4 Å². The predicted octanol–water partition coefficient (Wildman–Crippen LogP) is 2.18. The highest BCUT2D eigenvalue weighted by atomic mass is 16.5. The maximum absolute atomic E-state index is 5.73. The topological polar surface area (TPSA) is 60.8 Å². The summed E-state index contributed by atoms with van der Waals surface area (Å²) < 4.78 is 10.9. The lowest BCUT2D eigenvalue weighted by Gasteiger charge is -2.14. The van der Waals surface area contributed by atoms with Crippen LogP contribution in [0.1, 0.15) is 30.4 Å². The average molecular weight is 206 g/mol. The van der Waals surface area contributed by atoms with E-state index < -0.39 is 0 Å². The molecule has 0 fully saturated rings. The van der Waals surface area contributed by atoms with Crippen molar-refractivity contribution in [2.75, 3.05) is 0 Å². The first-order valence-electron chi connectivity index (χ1n) is 4.97. The third kappa shape index (κ3) is 1.75. The number of nitrogens with two attached hydrogens (primary N) is 1. The minimum Gasteiger partial charge on any atom is -0.473 e. The minimum atomic E-state index is 0.335. The number of hydrogen-bond donors (Lipinski definition) is 1. The van der Waals surface area contributed by atoms with E-state index in [1.807, 2.05) is 19.9 Å². The third-order valence-corrected chi connectivity index (χ3v) is 2.17. The molecule has 0 saturated carbocycles. The second-order valence-electron chi connectivity index (χ2n) is 3.43. The van der Waals surface area contributed by atoms with Crippen LogP contribution in [0, 0.1) is 6.92 Å². The van der Waals surface area contributed by atoms with Gasteiger partial charge < -0.3 is 14.9 Å². The van der Waals surface area contributed by atoms with Crippen molar-refractivity contribution in [3.63, 3.8) is 0 Å². The summed E-state index contributed by atoms with van der Waals surface area (Å²) in [7, 11) is 0. The predicted molar refractivity (Wildman–Crippen MR) is 58.1 cm³/mol. The van der Waals surface area contributed by atoms with Crippen LogP contribution in [-0.4, -0.2) is 6.21 Å². The van der Waals surface area contributed by atoms with E-state index in [1.54, 1.807) is 6.21 Å². The quantitative estimate of drug-likeness (QED) is 0.754. The fourth-order valence-corrected chi connectivity index (χ4v) is 1.52. The molecule has 0 unspecified atom stereocenters. The highest BCUT2D eigenvalue weighted by Crippen LogP contribution is 2.30. The molecule has 2 N–H and O–H groups in total. The Balaban J connectivity index is 2.45. The maximum atomic E-state index is 5.73. The lowest BCUT2D eigenvalue weighted by molar-refractivity contribution is 0.189. The van der Waals surface area contributed by atoms with Crippen LogP contribution < -0.4 is 5.73 Å². The number of rotatable bonds is 2. The largest absolute Gasteiger partial charge is 0.473 e. The number of ether oxygens (including phenoxy) is 1. The average Bonchev–Trinajstić information content (AvgIpc) is 2.57. The Morgan fingerprint density at radius 2 is 2.40 bits per heavy atom.